The topological polar surface area (TPSA) is 107 Å². The molecule has 0 amide bonds. The molecule has 1 atom stereocenters. The first kappa shape index (κ1) is 18.4. The van der Waals surface area contributed by atoms with Crippen LogP contribution >= 0.6 is 0 Å². The number of Topliss-reactive ketones (excluding diaryl/α,β-unsaturated/α-hetero) is 1. The van der Waals surface area contributed by atoms with Gasteiger partial charge >= 0.3 is 11.9 Å². The van der Waals surface area contributed by atoms with Crippen molar-refractivity contribution in [2.24, 2.45) is 11.3 Å². The molecule has 0 spiro atoms. The van der Waals surface area contributed by atoms with Gasteiger partial charge in [-0.05, 0) is 16.7 Å². The highest BCUT2D eigenvalue weighted by molar-refractivity contribution is 6.19. The third kappa shape index (κ3) is 3.59. The highest BCUT2D eigenvalue weighted by Gasteiger charge is 2.53. The van der Waals surface area contributed by atoms with Crippen molar-refractivity contribution in [2.75, 3.05) is 0 Å². The Labute approximate surface area is 145 Å². The van der Waals surface area contributed by atoms with Crippen LogP contribution in [-0.2, 0) is 25.6 Å². The predicted octanol–water partition coefficient (Wildman–Crippen LogP) is 2.36. The molecule has 0 aliphatic heterocycles. The molecule has 6 heteroatoms. The van der Waals surface area contributed by atoms with Gasteiger partial charge in [0.05, 0.1) is 0 Å². The molecule has 3 N–H and O–H groups in total. The molecule has 1 unspecified atom stereocenters. The van der Waals surface area contributed by atoms with E-state index >= 15 is 0 Å². The van der Waals surface area contributed by atoms with E-state index in [0.717, 1.165) is 11.1 Å². The molecule has 0 heterocycles. The summed E-state index contributed by atoms with van der Waals surface area (Å²) in [6, 6.07) is 16.6. The lowest BCUT2D eigenvalue weighted by Crippen LogP contribution is -2.49. The Bertz CT molecular complexity index is 752. The van der Waals surface area contributed by atoms with Gasteiger partial charge in [0.1, 0.15) is 0 Å². The van der Waals surface area contributed by atoms with Crippen LogP contribution in [-0.4, -0.2) is 22.8 Å². The molecule has 0 bridgehead atoms. The van der Waals surface area contributed by atoms with E-state index in [2.05, 4.69) is 4.84 Å². The summed E-state index contributed by atoms with van der Waals surface area (Å²) >= 11 is 0. The normalized spacial score (nSPS) is 12.9. The van der Waals surface area contributed by atoms with Gasteiger partial charge in [0.25, 0.3) is 0 Å². The second kappa shape index (κ2) is 7.72. The summed E-state index contributed by atoms with van der Waals surface area (Å²) in [6.45, 7) is 1.49. The number of ketones is 1. The van der Waals surface area contributed by atoms with Gasteiger partial charge in [-0.1, -0.05) is 61.5 Å². The Balaban J connectivity index is 2.37. The van der Waals surface area contributed by atoms with Crippen molar-refractivity contribution in [3.63, 3.8) is 0 Å². The number of carbonyl (C=O) groups excluding carboxylic acids is 2. The molecule has 0 radical (unpaired) electrons. The summed E-state index contributed by atoms with van der Waals surface area (Å²) in [6.07, 6.45) is -0.441. The molecule has 6 nitrogen and oxygen atoms in total. The average Bonchev–Trinajstić information content (AvgIpc) is 2.65. The van der Waals surface area contributed by atoms with Gasteiger partial charge in [0, 0.05) is 12.8 Å². The molecular formula is C19H19NO5. The highest BCUT2D eigenvalue weighted by atomic mass is 16.7. The van der Waals surface area contributed by atoms with E-state index in [1.54, 1.807) is 12.1 Å². The summed E-state index contributed by atoms with van der Waals surface area (Å²) in [4.78, 5) is 40.1. The molecule has 0 aliphatic rings. The van der Waals surface area contributed by atoms with Crippen LogP contribution in [0.3, 0.4) is 0 Å². The van der Waals surface area contributed by atoms with Crippen LogP contribution in [0.15, 0.2) is 54.6 Å². The van der Waals surface area contributed by atoms with Crippen molar-refractivity contribution in [1.29, 1.82) is 0 Å². The lowest BCUT2D eigenvalue weighted by atomic mass is 9.76. The number of benzene rings is 2. The van der Waals surface area contributed by atoms with Crippen LogP contribution in [0.2, 0.25) is 0 Å². The smallest absolute Gasteiger partial charge is 0.350 e. The molecule has 0 saturated carbocycles. The molecule has 25 heavy (non-hydrogen) atoms. The van der Waals surface area contributed by atoms with Crippen LogP contribution < -0.4 is 5.90 Å². The van der Waals surface area contributed by atoms with E-state index in [0.29, 0.717) is 5.56 Å². The van der Waals surface area contributed by atoms with Crippen LogP contribution in [0.25, 0.3) is 11.1 Å². The minimum Gasteiger partial charge on any atom is -0.480 e. The van der Waals surface area contributed by atoms with Gasteiger partial charge in [0.2, 0.25) is 5.41 Å². The Morgan fingerprint density at radius 3 is 2.04 bits per heavy atom. The maximum Gasteiger partial charge on any atom is 0.350 e. The summed E-state index contributed by atoms with van der Waals surface area (Å²) in [5.74, 6) is 1.30. The Morgan fingerprint density at radius 1 is 1.00 bits per heavy atom. The van der Waals surface area contributed by atoms with Crippen LogP contribution in [0.4, 0.5) is 0 Å². The number of carboxylic acids is 1. The molecule has 0 aliphatic carbocycles. The van der Waals surface area contributed by atoms with Gasteiger partial charge < -0.3 is 9.94 Å². The number of hydrogen-bond donors (Lipinski definition) is 2. The number of hydrogen-bond acceptors (Lipinski definition) is 5. The van der Waals surface area contributed by atoms with E-state index in [4.69, 9.17) is 5.90 Å². The summed E-state index contributed by atoms with van der Waals surface area (Å²) in [5, 5.41) is 9.54. The van der Waals surface area contributed by atoms with E-state index in [-0.39, 0.29) is 12.8 Å². The molecule has 2 aromatic rings. The van der Waals surface area contributed by atoms with Crippen molar-refractivity contribution >= 4 is 17.7 Å². The quantitative estimate of drug-likeness (QED) is 0.591. The van der Waals surface area contributed by atoms with E-state index in [9.17, 15) is 19.5 Å². The lowest BCUT2D eigenvalue weighted by Gasteiger charge is -2.24. The highest BCUT2D eigenvalue weighted by Crippen LogP contribution is 2.29. The summed E-state index contributed by atoms with van der Waals surface area (Å²) in [5.41, 5.74) is 0.130. The molecule has 0 fully saturated rings. The molecule has 2 aromatic carbocycles. The minimum absolute atomic E-state index is 0.122. The van der Waals surface area contributed by atoms with Crippen molar-refractivity contribution in [2.45, 2.75) is 19.8 Å². The van der Waals surface area contributed by atoms with Gasteiger partial charge in [-0.25, -0.2) is 4.79 Å². The first-order valence-corrected chi connectivity index (χ1v) is 7.78. The monoisotopic (exact) mass is 341 g/mol. The zero-order valence-corrected chi connectivity index (χ0v) is 13.8. The maximum atomic E-state index is 12.2. The fraction of sp³-hybridized carbons (Fsp3) is 0.211. The van der Waals surface area contributed by atoms with Crippen molar-refractivity contribution in [1.82, 2.24) is 0 Å². The number of carbonyl (C=O) groups is 3. The number of carboxylic acid groups (broad SMARTS) is 1. The Hall–Kier alpha value is -2.99. The summed E-state index contributed by atoms with van der Waals surface area (Å²) < 4.78 is 0. The zero-order chi connectivity index (χ0) is 18.4. The average molecular weight is 341 g/mol. The number of aliphatic carboxylic acids is 1. The van der Waals surface area contributed by atoms with Gasteiger partial charge in [-0.3, -0.25) is 9.59 Å². The van der Waals surface area contributed by atoms with Crippen LogP contribution in [0.5, 0.6) is 0 Å². The number of rotatable bonds is 7. The van der Waals surface area contributed by atoms with Crippen molar-refractivity contribution in [3.05, 3.63) is 60.2 Å². The fourth-order valence-corrected chi connectivity index (χ4v) is 2.72. The SMILES string of the molecule is CCC(=O)C(Cc1ccc(-c2ccccc2)cc1)(C(=O)O)C(=O)ON. The van der Waals surface area contributed by atoms with E-state index in [1.165, 1.54) is 6.92 Å². The van der Waals surface area contributed by atoms with E-state index < -0.39 is 23.1 Å². The van der Waals surface area contributed by atoms with E-state index in [1.807, 2.05) is 42.5 Å². The largest absolute Gasteiger partial charge is 0.480 e. The molecular weight excluding hydrogens is 322 g/mol. The minimum atomic E-state index is -2.34. The molecule has 0 saturated heterocycles. The number of nitrogens with two attached hydrogens (primary N) is 1. The van der Waals surface area contributed by atoms with Crippen LogP contribution in [0.1, 0.15) is 18.9 Å². The zero-order valence-electron chi connectivity index (χ0n) is 13.8. The Kier molecular flexibility index (Phi) is 5.67. The summed E-state index contributed by atoms with van der Waals surface area (Å²) in [7, 11) is 0. The third-order valence-electron chi connectivity index (χ3n) is 4.15. The molecule has 0 aromatic heterocycles. The Morgan fingerprint density at radius 2 is 1.56 bits per heavy atom. The standard InChI is InChI=1S/C19H19NO5/c1-2-16(21)19(17(22)23,18(24)25-20)12-13-8-10-15(11-9-13)14-6-4-3-5-7-14/h3-11H,2,12,20H2,1H3,(H,22,23). The van der Waals surface area contributed by atoms with Gasteiger partial charge in [-0.2, -0.15) is 5.90 Å². The second-order valence-electron chi connectivity index (χ2n) is 5.63. The predicted molar refractivity (Wildman–Crippen MR) is 91.2 cm³/mol. The van der Waals surface area contributed by atoms with Gasteiger partial charge in [-0.15, -0.1) is 0 Å². The maximum absolute atomic E-state index is 12.2. The van der Waals surface area contributed by atoms with Crippen molar-refractivity contribution < 1.29 is 24.3 Å². The second-order valence-corrected chi connectivity index (χ2v) is 5.63. The first-order chi connectivity index (χ1) is 12.0. The van der Waals surface area contributed by atoms with Crippen molar-refractivity contribution in [3.8, 4) is 11.1 Å². The first-order valence-electron chi connectivity index (χ1n) is 7.78. The lowest BCUT2D eigenvalue weighted by molar-refractivity contribution is -0.172. The molecule has 130 valence electrons. The van der Waals surface area contributed by atoms with Gasteiger partial charge in [0.15, 0.2) is 5.78 Å². The van der Waals surface area contributed by atoms with Crippen LogP contribution in [0, 0.1) is 5.41 Å². The molecule has 2 rings (SSSR count). The third-order valence-corrected chi connectivity index (χ3v) is 4.15. The fourth-order valence-electron chi connectivity index (χ4n) is 2.72.